The van der Waals surface area contributed by atoms with Crippen molar-refractivity contribution in [1.29, 1.82) is 0 Å². The highest BCUT2D eigenvalue weighted by Crippen LogP contribution is 2.19. The van der Waals surface area contributed by atoms with E-state index in [9.17, 15) is 14.7 Å². The van der Waals surface area contributed by atoms with E-state index in [2.05, 4.69) is 0 Å². The van der Waals surface area contributed by atoms with Crippen molar-refractivity contribution in [3.63, 3.8) is 0 Å². The van der Waals surface area contributed by atoms with Crippen LogP contribution >= 0.6 is 0 Å². The number of esters is 1. The van der Waals surface area contributed by atoms with Crippen molar-refractivity contribution in [1.82, 2.24) is 0 Å². The first kappa shape index (κ1) is 14.8. The lowest BCUT2D eigenvalue weighted by molar-refractivity contribution is 0.0475. The zero-order chi connectivity index (χ0) is 16.2. The molecule has 114 valence electrons. The Bertz CT molecular complexity index is 878. The highest BCUT2D eigenvalue weighted by molar-refractivity contribution is 6.09. The molecule has 0 aliphatic heterocycles. The van der Waals surface area contributed by atoms with Crippen LogP contribution in [0.2, 0.25) is 0 Å². The molecule has 0 spiro atoms. The number of ketones is 1. The molecule has 0 radical (unpaired) electrons. The minimum Gasteiger partial charge on any atom is -0.508 e. The molecule has 0 fully saturated rings. The van der Waals surface area contributed by atoms with E-state index in [-0.39, 0.29) is 23.7 Å². The molecular weight excluding hydrogens is 292 g/mol. The summed E-state index contributed by atoms with van der Waals surface area (Å²) in [5.41, 5.74) is 0.725. The van der Waals surface area contributed by atoms with Crippen LogP contribution in [-0.4, -0.2) is 23.5 Å². The largest absolute Gasteiger partial charge is 0.508 e. The normalized spacial score (nSPS) is 10.4. The Morgan fingerprint density at radius 1 is 0.913 bits per heavy atom. The number of hydrogen-bond donors (Lipinski definition) is 1. The minimum absolute atomic E-state index is 0.0279. The molecule has 4 heteroatoms. The Kier molecular flexibility index (Phi) is 4.06. The van der Waals surface area contributed by atoms with Gasteiger partial charge in [-0.3, -0.25) is 4.79 Å². The van der Waals surface area contributed by atoms with Gasteiger partial charge in [-0.25, -0.2) is 4.79 Å². The number of carbonyl (C=O) groups excluding carboxylic acids is 2. The van der Waals surface area contributed by atoms with Crippen LogP contribution < -0.4 is 0 Å². The second-order valence-electron chi connectivity index (χ2n) is 5.08. The SMILES string of the molecule is O=C(OCC(=O)c1cccc2ccccc12)c1cccc(O)c1. The van der Waals surface area contributed by atoms with Crippen molar-refractivity contribution in [2.45, 2.75) is 0 Å². The fourth-order valence-corrected chi connectivity index (χ4v) is 2.39. The summed E-state index contributed by atoms with van der Waals surface area (Å²) >= 11 is 0. The molecular formula is C19H14O4. The summed E-state index contributed by atoms with van der Waals surface area (Å²) < 4.78 is 5.05. The molecule has 0 unspecified atom stereocenters. The third kappa shape index (κ3) is 3.21. The number of phenolic OH excluding ortho intramolecular Hbond substituents is 1. The van der Waals surface area contributed by atoms with E-state index in [0.717, 1.165) is 10.8 Å². The van der Waals surface area contributed by atoms with Crippen LogP contribution in [-0.2, 0) is 4.74 Å². The zero-order valence-corrected chi connectivity index (χ0v) is 12.2. The first-order chi connectivity index (χ1) is 11.1. The van der Waals surface area contributed by atoms with Gasteiger partial charge in [-0.05, 0) is 29.0 Å². The van der Waals surface area contributed by atoms with E-state index in [4.69, 9.17) is 4.74 Å². The molecule has 0 heterocycles. The average Bonchev–Trinajstić information content (AvgIpc) is 2.59. The summed E-state index contributed by atoms with van der Waals surface area (Å²) in [5, 5.41) is 11.1. The lowest BCUT2D eigenvalue weighted by atomic mass is 10.0. The molecule has 4 nitrogen and oxygen atoms in total. The van der Waals surface area contributed by atoms with E-state index in [1.165, 1.54) is 18.2 Å². The number of Topliss-reactive ketones (excluding diaryl/α,β-unsaturated/α-hetero) is 1. The Hall–Kier alpha value is -3.14. The lowest BCUT2D eigenvalue weighted by Gasteiger charge is -2.07. The molecule has 0 aliphatic rings. The van der Waals surface area contributed by atoms with E-state index >= 15 is 0 Å². The van der Waals surface area contributed by atoms with E-state index < -0.39 is 5.97 Å². The van der Waals surface area contributed by atoms with Crippen LogP contribution in [0.3, 0.4) is 0 Å². The maximum atomic E-state index is 12.3. The van der Waals surface area contributed by atoms with Gasteiger partial charge < -0.3 is 9.84 Å². The first-order valence-corrected chi connectivity index (χ1v) is 7.12. The molecule has 3 aromatic carbocycles. The number of phenols is 1. The van der Waals surface area contributed by atoms with Gasteiger partial charge in [-0.1, -0.05) is 48.5 Å². The van der Waals surface area contributed by atoms with E-state index in [1.807, 2.05) is 30.3 Å². The Morgan fingerprint density at radius 2 is 1.65 bits per heavy atom. The number of fused-ring (bicyclic) bond motifs is 1. The third-order valence-electron chi connectivity index (χ3n) is 3.51. The van der Waals surface area contributed by atoms with Gasteiger partial charge in [-0.15, -0.1) is 0 Å². The molecule has 0 aromatic heterocycles. The van der Waals surface area contributed by atoms with Crippen LogP contribution in [0, 0.1) is 0 Å². The number of aromatic hydroxyl groups is 1. The number of benzene rings is 3. The van der Waals surface area contributed by atoms with Crippen LogP contribution in [0.25, 0.3) is 10.8 Å². The van der Waals surface area contributed by atoms with Crippen molar-refractivity contribution in [3.8, 4) is 5.75 Å². The van der Waals surface area contributed by atoms with Crippen LogP contribution in [0.4, 0.5) is 0 Å². The quantitative estimate of drug-likeness (QED) is 0.591. The fraction of sp³-hybridized carbons (Fsp3) is 0.0526. The minimum atomic E-state index is -0.644. The predicted molar refractivity (Wildman–Crippen MR) is 86.7 cm³/mol. The van der Waals surface area contributed by atoms with Crippen molar-refractivity contribution < 1.29 is 19.4 Å². The van der Waals surface area contributed by atoms with Crippen molar-refractivity contribution in [2.24, 2.45) is 0 Å². The molecule has 0 bridgehead atoms. The second kappa shape index (κ2) is 6.32. The molecule has 1 N–H and O–H groups in total. The summed E-state index contributed by atoms with van der Waals surface area (Å²) in [6, 6.07) is 18.8. The molecule has 3 aromatic rings. The van der Waals surface area contributed by atoms with Gasteiger partial charge in [0.15, 0.2) is 6.61 Å². The summed E-state index contributed by atoms with van der Waals surface area (Å²) in [6.07, 6.45) is 0. The van der Waals surface area contributed by atoms with Crippen LogP contribution in [0.1, 0.15) is 20.7 Å². The zero-order valence-electron chi connectivity index (χ0n) is 12.2. The molecule has 0 amide bonds. The Morgan fingerprint density at radius 3 is 2.48 bits per heavy atom. The van der Waals surface area contributed by atoms with Crippen LogP contribution in [0.15, 0.2) is 66.7 Å². The van der Waals surface area contributed by atoms with Crippen LogP contribution in [0.5, 0.6) is 5.75 Å². The van der Waals surface area contributed by atoms with Gasteiger partial charge in [0.05, 0.1) is 5.56 Å². The maximum Gasteiger partial charge on any atom is 0.338 e. The fourth-order valence-electron chi connectivity index (χ4n) is 2.39. The number of carbonyl (C=O) groups is 2. The lowest BCUT2D eigenvalue weighted by Crippen LogP contribution is -2.14. The summed E-state index contributed by atoms with van der Waals surface area (Å²) in [6.45, 7) is -0.345. The highest BCUT2D eigenvalue weighted by Gasteiger charge is 2.14. The molecule has 0 aliphatic carbocycles. The topological polar surface area (TPSA) is 63.6 Å². The first-order valence-electron chi connectivity index (χ1n) is 7.12. The molecule has 0 saturated carbocycles. The highest BCUT2D eigenvalue weighted by atomic mass is 16.5. The van der Waals surface area contributed by atoms with E-state index in [1.54, 1.807) is 18.2 Å². The Balaban J connectivity index is 1.75. The molecule has 23 heavy (non-hydrogen) atoms. The summed E-state index contributed by atoms with van der Waals surface area (Å²) in [5.74, 6) is -0.940. The average molecular weight is 306 g/mol. The van der Waals surface area contributed by atoms with Gasteiger partial charge in [0, 0.05) is 5.56 Å². The van der Waals surface area contributed by atoms with Gasteiger partial charge in [0.1, 0.15) is 5.75 Å². The number of hydrogen-bond acceptors (Lipinski definition) is 4. The van der Waals surface area contributed by atoms with Crippen molar-refractivity contribution >= 4 is 22.5 Å². The molecule has 0 atom stereocenters. The predicted octanol–water partition coefficient (Wildman–Crippen LogP) is 3.59. The van der Waals surface area contributed by atoms with Crippen molar-refractivity contribution in [2.75, 3.05) is 6.61 Å². The van der Waals surface area contributed by atoms with Crippen molar-refractivity contribution in [3.05, 3.63) is 77.9 Å². The smallest absolute Gasteiger partial charge is 0.338 e. The Labute approximate surface area is 132 Å². The summed E-state index contributed by atoms with van der Waals surface area (Å²) in [4.78, 5) is 24.2. The number of ether oxygens (including phenoxy) is 1. The van der Waals surface area contributed by atoms with Gasteiger partial charge in [0.25, 0.3) is 0 Å². The molecule has 0 saturated heterocycles. The third-order valence-corrected chi connectivity index (χ3v) is 3.51. The second-order valence-corrected chi connectivity index (χ2v) is 5.08. The van der Waals surface area contributed by atoms with Gasteiger partial charge >= 0.3 is 5.97 Å². The molecule has 3 rings (SSSR count). The maximum absolute atomic E-state index is 12.3. The van der Waals surface area contributed by atoms with Gasteiger partial charge in [0.2, 0.25) is 5.78 Å². The number of rotatable bonds is 4. The van der Waals surface area contributed by atoms with E-state index in [0.29, 0.717) is 5.56 Å². The monoisotopic (exact) mass is 306 g/mol. The standard InChI is InChI=1S/C19H14O4/c20-15-8-3-7-14(11-15)19(22)23-12-18(21)17-10-4-6-13-5-1-2-9-16(13)17/h1-11,20H,12H2. The summed E-state index contributed by atoms with van der Waals surface area (Å²) in [7, 11) is 0. The van der Waals surface area contributed by atoms with Gasteiger partial charge in [-0.2, -0.15) is 0 Å².